The van der Waals surface area contributed by atoms with E-state index in [1.807, 2.05) is 0 Å². The van der Waals surface area contributed by atoms with Crippen molar-refractivity contribution in [2.45, 2.75) is 79.9 Å². The van der Waals surface area contributed by atoms with Crippen LogP contribution in [-0.4, -0.2) is 147 Å². The Bertz CT molecular complexity index is 635. The lowest BCUT2D eigenvalue weighted by atomic mass is 9.98. The Morgan fingerprint density at radius 1 is 0.781 bits per heavy atom. The van der Waals surface area contributed by atoms with Gasteiger partial charge >= 0.3 is 5.97 Å². The molecular weight excluding hydrogens is 444 g/mol. The zero-order chi connectivity index (χ0) is 23.7. The van der Waals surface area contributed by atoms with Crippen molar-refractivity contribution < 1.29 is 74.1 Å². The molecule has 0 aromatic rings. The topological polar surface area (TPSA) is 234 Å². The van der Waals surface area contributed by atoms with Gasteiger partial charge in [-0.1, -0.05) is 0 Å². The molecule has 3 fully saturated rings. The number of carbonyl (C=O) groups is 1. The van der Waals surface area contributed by atoms with Gasteiger partial charge in [0.2, 0.25) is 0 Å². The molecule has 0 saturated carbocycles. The first-order valence-corrected chi connectivity index (χ1v) is 9.78. The number of hydrogen-bond donors (Lipinski definition) is 8. The van der Waals surface area contributed by atoms with E-state index in [2.05, 4.69) is 0 Å². The summed E-state index contributed by atoms with van der Waals surface area (Å²) in [6.07, 6.45) is -21.0. The molecule has 3 rings (SSSR count). The molecule has 0 aromatic heterocycles. The summed E-state index contributed by atoms with van der Waals surface area (Å²) in [4.78, 5) is 11.5. The lowest BCUT2D eigenvalue weighted by molar-refractivity contribution is -0.368. The number of carboxylic acids is 1. The molecule has 0 aromatic carbocycles. The van der Waals surface area contributed by atoms with Crippen molar-refractivity contribution in [3.63, 3.8) is 0 Å². The highest BCUT2D eigenvalue weighted by atomic mass is 16.8. The van der Waals surface area contributed by atoms with Gasteiger partial charge in [-0.2, -0.15) is 0 Å². The van der Waals surface area contributed by atoms with Crippen LogP contribution in [0.1, 0.15) is 0 Å². The van der Waals surface area contributed by atoms with E-state index < -0.39 is 92.5 Å². The largest absolute Gasteiger partial charge is 0.479 e. The Labute approximate surface area is 181 Å². The van der Waals surface area contributed by atoms with Crippen molar-refractivity contribution in [2.75, 3.05) is 20.3 Å². The quantitative estimate of drug-likeness (QED) is 0.180. The number of ether oxygens (including phenoxy) is 6. The highest BCUT2D eigenvalue weighted by molar-refractivity contribution is 5.73. The zero-order valence-electron chi connectivity index (χ0n) is 16.9. The van der Waals surface area contributed by atoms with E-state index in [-0.39, 0.29) is 6.61 Å². The molecule has 0 bridgehead atoms. The standard InChI is InChI=1S/C17H28O15/c1-27-11-8(21)10(23)16(32-13(11)14(24)25)31-12-6(19)4(18)2-29-17(12)30-5-3-28-15(26)9(22)7(5)20/h4-13,15-23,26H,2-3H2,1H3,(H,24,25). The van der Waals surface area contributed by atoms with E-state index in [0.717, 1.165) is 7.11 Å². The van der Waals surface area contributed by atoms with Gasteiger partial charge in [-0.15, -0.1) is 0 Å². The Hall–Kier alpha value is -1.05. The first-order valence-electron chi connectivity index (χ1n) is 9.78. The van der Waals surface area contributed by atoms with Crippen LogP contribution < -0.4 is 0 Å². The normalized spacial score (nSPS) is 50.2. The van der Waals surface area contributed by atoms with Crippen LogP contribution >= 0.6 is 0 Å². The van der Waals surface area contributed by atoms with Gasteiger partial charge in [0, 0.05) is 7.11 Å². The van der Waals surface area contributed by atoms with Crippen molar-refractivity contribution in [1.29, 1.82) is 0 Å². The number of methoxy groups -OCH3 is 1. The average molecular weight is 472 g/mol. The van der Waals surface area contributed by atoms with Crippen molar-refractivity contribution in [2.24, 2.45) is 0 Å². The minimum absolute atomic E-state index is 0.373. The molecule has 8 N–H and O–H groups in total. The van der Waals surface area contributed by atoms with E-state index >= 15 is 0 Å². The molecule has 15 heteroatoms. The summed E-state index contributed by atoms with van der Waals surface area (Å²) in [7, 11) is 1.11. The average Bonchev–Trinajstić information content (AvgIpc) is 2.76. The van der Waals surface area contributed by atoms with E-state index in [1.54, 1.807) is 0 Å². The van der Waals surface area contributed by atoms with Crippen LogP contribution in [0.4, 0.5) is 0 Å². The van der Waals surface area contributed by atoms with Gasteiger partial charge in [-0.3, -0.25) is 0 Å². The minimum Gasteiger partial charge on any atom is -0.479 e. The first kappa shape index (κ1) is 25.6. The Morgan fingerprint density at radius 3 is 2.09 bits per heavy atom. The van der Waals surface area contributed by atoms with Crippen molar-refractivity contribution >= 4 is 5.97 Å². The molecule has 3 aliphatic heterocycles. The smallest absolute Gasteiger partial charge is 0.335 e. The second-order valence-corrected chi connectivity index (χ2v) is 7.68. The highest BCUT2D eigenvalue weighted by Crippen LogP contribution is 2.30. The van der Waals surface area contributed by atoms with Gasteiger partial charge in [0.05, 0.1) is 13.2 Å². The Morgan fingerprint density at radius 2 is 1.47 bits per heavy atom. The van der Waals surface area contributed by atoms with E-state index in [1.165, 1.54) is 0 Å². The van der Waals surface area contributed by atoms with Crippen LogP contribution in [0, 0.1) is 0 Å². The van der Waals surface area contributed by atoms with Crippen molar-refractivity contribution in [1.82, 2.24) is 0 Å². The van der Waals surface area contributed by atoms with Gasteiger partial charge in [0.25, 0.3) is 0 Å². The van der Waals surface area contributed by atoms with Crippen LogP contribution in [0.25, 0.3) is 0 Å². The molecule has 0 amide bonds. The summed E-state index contributed by atoms with van der Waals surface area (Å²) in [6.45, 7) is -0.788. The molecule has 0 radical (unpaired) electrons. The molecule has 0 spiro atoms. The third-order valence-corrected chi connectivity index (χ3v) is 5.54. The second kappa shape index (κ2) is 10.5. The fourth-order valence-corrected chi connectivity index (χ4v) is 3.67. The van der Waals surface area contributed by atoms with Crippen molar-refractivity contribution in [3.8, 4) is 0 Å². The molecule has 32 heavy (non-hydrogen) atoms. The Kier molecular flexibility index (Phi) is 8.37. The SMILES string of the molecule is COC1C(C(=O)O)OC(OC2C(OC3COC(O)C(O)C3O)OCC(O)C2O)C(O)C1O. The molecule has 3 heterocycles. The maximum absolute atomic E-state index is 11.5. The summed E-state index contributed by atoms with van der Waals surface area (Å²) >= 11 is 0. The predicted molar refractivity (Wildman–Crippen MR) is 94.6 cm³/mol. The monoisotopic (exact) mass is 472 g/mol. The number of hydrogen-bond acceptors (Lipinski definition) is 14. The molecule has 3 saturated heterocycles. The van der Waals surface area contributed by atoms with Gasteiger partial charge in [-0.05, 0) is 0 Å². The fourth-order valence-electron chi connectivity index (χ4n) is 3.67. The van der Waals surface area contributed by atoms with Crippen LogP contribution in [0.3, 0.4) is 0 Å². The van der Waals surface area contributed by atoms with E-state index in [0.29, 0.717) is 0 Å². The molecule has 0 aliphatic carbocycles. The molecule has 13 atom stereocenters. The summed E-state index contributed by atoms with van der Waals surface area (Å²) in [5.74, 6) is -1.51. The number of aliphatic hydroxyl groups excluding tert-OH is 7. The lowest BCUT2D eigenvalue weighted by Crippen LogP contribution is -2.64. The van der Waals surface area contributed by atoms with Crippen LogP contribution in [-0.2, 0) is 33.2 Å². The number of aliphatic carboxylic acids is 1. The van der Waals surface area contributed by atoms with Crippen LogP contribution in [0.15, 0.2) is 0 Å². The molecule has 3 aliphatic rings. The molecule has 13 unspecified atom stereocenters. The van der Waals surface area contributed by atoms with Gasteiger partial charge in [-0.25, -0.2) is 4.79 Å². The number of rotatable bonds is 6. The van der Waals surface area contributed by atoms with E-state index in [4.69, 9.17) is 28.4 Å². The molecular formula is C17H28O15. The lowest BCUT2D eigenvalue weighted by Gasteiger charge is -2.45. The maximum atomic E-state index is 11.5. The minimum atomic E-state index is -1.82. The number of aliphatic hydroxyl groups is 7. The van der Waals surface area contributed by atoms with E-state index in [9.17, 15) is 45.6 Å². The van der Waals surface area contributed by atoms with Gasteiger partial charge in [0.1, 0.15) is 54.9 Å². The maximum Gasteiger partial charge on any atom is 0.335 e. The summed E-state index contributed by atoms with van der Waals surface area (Å²) in [5.41, 5.74) is 0. The van der Waals surface area contributed by atoms with Crippen molar-refractivity contribution in [3.05, 3.63) is 0 Å². The van der Waals surface area contributed by atoms with Gasteiger partial charge in [0.15, 0.2) is 25.0 Å². The highest BCUT2D eigenvalue weighted by Gasteiger charge is 2.52. The second-order valence-electron chi connectivity index (χ2n) is 7.68. The van der Waals surface area contributed by atoms with Gasteiger partial charge < -0.3 is 69.3 Å². The van der Waals surface area contributed by atoms with Crippen LogP contribution in [0.5, 0.6) is 0 Å². The molecule has 15 nitrogen and oxygen atoms in total. The third kappa shape index (κ3) is 5.05. The summed E-state index contributed by atoms with van der Waals surface area (Å²) in [5, 5.41) is 79.5. The zero-order valence-corrected chi connectivity index (χ0v) is 16.9. The summed E-state index contributed by atoms with van der Waals surface area (Å²) in [6, 6.07) is 0. The predicted octanol–water partition coefficient (Wildman–Crippen LogP) is -5.55. The summed E-state index contributed by atoms with van der Waals surface area (Å²) < 4.78 is 31.2. The first-order chi connectivity index (χ1) is 15.1. The fraction of sp³-hybridized carbons (Fsp3) is 0.941. The number of carboxylic acid groups (broad SMARTS) is 1. The molecule has 186 valence electrons. The third-order valence-electron chi connectivity index (χ3n) is 5.54. The van der Waals surface area contributed by atoms with Crippen LogP contribution in [0.2, 0.25) is 0 Å². The Balaban J connectivity index is 1.75.